The summed E-state index contributed by atoms with van der Waals surface area (Å²) in [5, 5.41) is 13.6. The predicted octanol–water partition coefficient (Wildman–Crippen LogP) is 2.10. The first kappa shape index (κ1) is 16.2. The SMILES string of the molecule is CC1CCCC(OCC(O)CNC2(C)CCOCC2)C1. The van der Waals surface area contributed by atoms with Crippen molar-refractivity contribution in [1.29, 1.82) is 0 Å². The highest BCUT2D eigenvalue weighted by molar-refractivity contribution is 4.86. The van der Waals surface area contributed by atoms with Crippen LogP contribution in [0.1, 0.15) is 52.4 Å². The Bertz CT molecular complexity index is 279. The summed E-state index contributed by atoms with van der Waals surface area (Å²) in [6.07, 6.45) is 6.86. The van der Waals surface area contributed by atoms with Crippen molar-refractivity contribution in [3.05, 3.63) is 0 Å². The number of hydrogen-bond donors (Lipinski definition) is 2. The molecule has 2 N–H and O–H groups in total. The third-order valence-corrected chi connectivity index (χ3v) is 4.77. The van der Waals surface area contributed by atoms with Crippen LogP contribution in [0.5, 0.6) is 0 Å². The highest BCUT2D eigenvalue weighted by Gasteiger charge is 2.27. The first-order valence-corrected chi connectivity index (χ1v) is 8.20. The van der Waals surface area contributed by atoms with Gasteiger partial charge in [-0.1, -0.05) is 19.8 Å². The molecule has 0 aromatic heterocycles. The molecule has 0 bridgehead atoms. The summed E-state index contributed by atoms with van der Waals surface area (Å²) in [6.45, 7) is 7.20. The number of ether oxygens (including phenoxy) is 2. The zero-order valence-corrected chi connectivity index (χ0v) is 13.1. The van der Waals surface area contributed by atoms with Crippen molar-refractivity contribution >= 4 is 0 Å². The molecule has 1 aliphatic heterocycles. The van der Waals surface area contributed by atoms with Crippen molar-refractivity contribution in [2.75, 3.05) is 26.4 Å². The summed E-state index contributed by atoms with van der Waals surface area (Å²) in [5.74, 6) is 0.769. The number of rotatable bonds is 6. The summed E-state index contributed by atoms with van der Waals surface area (Å²) in [7, 11) is 0. The van der Waals surface area contributed by atoms with E-state index in [1.807, 2.05) is 0 Å². The minimum absolute atomic E-state index is 0.110. The summed E-state index contributed by atoms with van der Waals surface area (Å²) >= 11 is 0. The summed E-state index contributed by atoms with van der Waals surface area (Å²) in [5.41, 5.74) is 0.110. The van der Waals surface area contributed by atoms with Crippen LogP contribution in [0.15, 0.2) is 0 Å². The monoisotopic (exact) mass is 285 g/mol. The number of aliphatic hydroxyl groups excluding tert-OH is 1. The maximum atomic E-state index is 10.1. The fourth-order valence-corrected chi connectivity index (χ4v) is 3.20. The van der Waals surface area contributed by atoms with Crippen LogP contribution in [0.3, 0.4) is 0 Å². The molecule has 0 aromatic rings. The van der Waals surface area contributed by atoms with Gasteiger partial charge in [0.15, 0.2) is 0 Å². The van der Waals surface area contributed by atoms with Crippen molar-refractivity contribution in [3.8, 4) is 0 Å². The van der Waals surface area contributed by atoms with Gasteiger partial charge >= 0.3 is 0 Å². The van der Waals surface area contributed by atoms with Gasteiger partial charge in [-0.05, 0) is 38.5 Å². The van der Waals surface area contributed by atoms with E-state index >= 15 is 0 Å². The van der Waals surface area contributed by atoms with Crippen LogP contribution < -0.4 is 5.32 Å². The predicted molar refractivity (Wildman–Crippen MR) is 79.8 cm³/mol. The van der Waals surface area contributed by atoms with Gasteiger partial charge in [0.25, 0.3) is 0 Å². The van der Waals surface area contributed by atoms with Gasteiger partial charge in [-0.3, -0.25) is 0 Å². The average molecular weight is 285 g/mol. The van der Waals surface area contributed by atoms with Gasteiger partial charge in [0.05, 0.1) is 18.8 Å². The molecule has 118 valence electrons. The zero-order valence-electron chi connectivity index (χ0n) is 13.1. The summed E-state index contributed by atoms with van der Waals surface area (Å²) in [6, 6.07) is 0. The van der Waals surface area contributed by atoms with Gasteiger partial charge in [0.2, 0.25) is 0 Å². The van der Waals surface area contributed by atoms with Crippen molar-refractivity contribution in [3.63, 3.8) is 0 Å². The van der Waals surface area contributed by atoms with Crippen LogP contribution >= 0.6 is 0 Å². The number of aliphatic hydroxyl groups is 1. The van der Waals surface area contributed by atoms with E-state index < -0.39 is 6.10 Å². The fourth-order valence-electron chi connectivity index (χ4n) is 3.20. The molecule has 2 aliphatic rings. The van der Waals surface area contributed by atoms with Crippen LogP contribution in [-0.2, 0) is 9.47 Å². The van der Waals surface area contributed by atoms with Crippen LogP contribution in [-0.4, -0.2) is 49.2 Å². The van der Waals surface area contributed by atoms with E-state index in [0.717, 1.165) is 44.8 Å². The molecule has 0 spiro atoms. The molecule has 2 fully saturated rings. The van der Waals surface area contributed by atoms with E-state index in [0.29, 0.717) is 19.3 Å². The van der Waals surface area contributed by atoms with E-state index in [9.17, 15) is 5.11 Å². The first-order chi connectivity index (χ1) is 9.57. The second kappa shape index (κ2) is 7.74. The third kappa shape index (κ3) is 5.32. The Morgan fingerprint density at radius 2 is 2.10 bits per heavy atom. The lowest BCUT2D eigenvalue weighted by molar-refractivity contribution is -0.0347. The van der Waals surface area contributed by atoms with Gasteiger partial charge in [0.1, 0.15) is 0 Å². The molecule has 4 nitrogen and oxygen atoms in total. The normalized spacial score (nSPS) is 31.9. The van der Waals surface area contributed by atoms with Gasteiger partial charge < -0.3 is 19.9 Å². The van der Waals surface area contributed by atoms with E-state index in [1.165, 1.54) is 12.8 Å². The Morgan fingerprint density at radius 3 is 2.80 bits per heavy atom. The summed E-state index contributed by atoms with van der Waals surface area (Å²) < 4.78 is 11.3. The quantitative estimate of drug-likeness (QED) is 0.785. The van der Waals surface area contributed by atoms with Crippen molar-refractivity contribution in [2.45, 2.75) is 70.1 Å². The van der Waals surface area contributed by atoms with Crippen LogP contribution in [0.25, 0.3) is 0 Å². The van der Waals surface area contributed by atoms with Crippen LogP contribution in [0.4, 0.5) is 0 Å². The van der Waals surface area contributed by atoms with Crippen LogP contribution in [0, 0.1) is 5.92 Å². The molecule has 3 atom stereocenters. The molecule has 1 saturated heterocycles. The van der Waals surface area contributed by atoms with E-state index in [4.69, 9.17) is 9.47 Å². The van der Waals surface area contributed by atoms with Gasteiger partial charge in [-0.25, -0.2) is 0 Å². The third-order valence-electron chi connectivity index (χ3n) is 4.77. The molecule has 4 heteroatoms. The molecule has 0 radical (unpaired) electrons. The van der Waals surface area contributed by atoms with Crippen LogP contribution in [0.2, 0.25) is 0 Å². The maximum Gasteiger partial charge on any atom is 0.0898 e. The van der Waals surface area contributed by atoms with E-state index in [2.05, 4.69) is 19.2 Å². The summed E-state index contributed by atoms with van der Waals surface area (Å²) in [4.78, 5) is 0. The Morgan fingerprint density at radius 1 is 1.35 bits per heavy atom. The number of hydrogen-bond acceptors (Lipinski definition) is 4. The Kier molecular flexibility index (Phi) is 6.27. The highest BCUT2D eigenvalue weighted by Crippen LogP contribution is 2.25. The molecule has 20 heavy (non-hydrogen) atoms. The standard InChI is InChI=1S/C16H31NO3/c1-13-4-3-5-15(10-13)20-12-14(18)11-17-16(2)6-8-19-9-7-16/h13-15,17-18H,3-12H2,1-2H3. The van der Waals surface area contributed by atoms with Gasteiger partial charge in [-0.15, -0.1) is 0 Å². The Balaban J connectivity index is 1.61. The molecule has 1 heterocycles. The Labute approximate surface area is 123 Å². The molecule has 1 saturated carbocycles. The molecule has 2 rings (SSSR count). The number of nitrogens with one attached hydrogen (secondary N) is 1. The average Bonchev–Trinajstić information content (AvgIpc) is 2.44. The molecular formula is C16H31NO3. The molecule has 3 unspecified atom stereocenters. The van der Waals surface area contributed by atoms with Crippen molar-refractivity contribution in [1.82, 2.24) is 5.32 Å². The topological polar surface area (TPSA) is 50.7 Å². The molecule has 0 amide bonds. The zero-order chi connectivity index (χ0) is 14.4. The molecular weight excluding hydrogens is 254 g/mol. The first-order valence-electron chi connectivity index (χ1n) is 8.20. The minimum atomic E-state index is -0.410. The van der Waals surface area contributed by atoms with Crippen molar-refractivity contribution in [2.24, 2.45) is 5.92 Å². The largest absolute Gasteiger partial charge is 0.389 e. The minimum Gasteiger partial charge on any atom is -0.389 e. The maximum absolute atomic E-state index is 10.1. The second-order valence-electron chi connectivity index (χ2n) is 6.93. The van der Waals surface area contributed by atoms with Gasteiger partial charge in [0, 0.05) is 25.3 Å². The Hall–Kier alpha value is -0.160. The fraction of sp³-hybridized carbons (Fsp3) is 1.00. The highest BCUT2D eigenvalue weighted by atomic mass is 16.5. The van der Waals surface area contributed by atoms with E-state index in [-0.39, 0.29) is 5.54 Å². The second-order valence-corrected chi connectivity index (χ2v) is 6.93. The van der Waals surface area contributed by atoms with Crippen molar-refractivity contribution < 1.29 is 14.6 Å². The lowest BCUT2D eigenvalue weighted by Crippen LogP contribution is -2.50. The lowest BCUT2D eigenvalue weighted by atomic mass is 9.89. The molecule has 0 aromatic carbocycles. The van der Waals surface area contributed by atoms with Gasteiger partial charge in [-0.2, -0.15) is 0 Å². The molecule has 1 aliphatic carbocycles. The van der Waals surface area contributed by atoms with E-state index in [1.54, 1.807) is 0 Å². The smallest absolute Gasteiger partial charge is 0.0898 e. The number of β-amino-alcohol motifs (C(OH)–C–C–N with tert-alkyl or cyclic N) is 1. The lowest BCUT2D eigenvalue weighted by Gasteiger charge is -2.35.